The van der Waals surface area contributed by atoms with Crippen molar-refractivity contribution in [3.8, 4) is 0 Å². The summed E-state index contributed by atoms with van der Waals surface area (Å²) in [7, 11) is 0. The van der Waals surface area contributed by atoms with Gasteiger partial charge in [0.05, 0.1) is 0 Å². The molecule has 4 heteroatoms. The van der Waals surface area contributed by atoms with Gasteiger partial charge in [0.15, 0.2) is 0 Å². The molecule has 1 N–H and O–H groups in total. The Morgan fingerprint density at radius 2 is 2.21 bits per heavy atom. The Bertz CT molecular complexity index is 736. The van der Waals surface area contributed by atoms with Crippen molar-refractivity contribution in [3.63, 3.8) is 0 Å². The fourth-order valence-electron chi connectivity index (χ4n) is 4.25. The van der Waals surface area contributed by atoms with Crippen molar-refractivity contribution in [1.29, 1.82) is 0 Å². The van der Waals surface area contributed by atoms with Crippen LogP contribution in [0.4, 0.5) is 0 Å². The van der Waals surface area contributed by atoms with E-state index < -0.39 is 12.0 Å². The number of aliphatic carboxylic acids is 1. The summed E-state index contributed by atoms with van der Waals surface area (Å²) < 4.78 is 0. The highest BCUT2D eigenvalue weighted by atomic mass is 16.4. The van der Waals surface area contributed by atoms with E-state index >= 15 is 0 Å². The Balaban J connectivity index is 1.60. The first-order valence-electron chi connectivity index (χ1n) is 8.94. The van der Waals surface area contributed by atoms with Crippen LogP contribution in [0.2, 0.25) is 0 Å². The molecule has 0 saturated heterocycles. The van der Waals surface area contributed by atoms with Crippen LogP contribution < -0.4 is 0 Å². The second-order valence-electron chi connectivity index (χ2n) is 7.33. The van der Waals surface area contributed by atoms with E-state index in [2.05, 4.69) is 12.1 Å². The lowest BCUT2D eigenvalue weighted by atomic mass is 9.96. The number of benzene rings is 1. The summed E-state index contributed by atoms with van der Waals surface area (Å²) in [6.07, 6.45) is 7.66. The fraction of sp³-hybridized carbons (Fsp3) is 0.500. The number of carbonyl (C=O) groups is 2. The number of allylic oxidation sites excluding steroid dienone is 2. The van der Waals surface area contributed by atoms with Crippen LogP contribution in [0.3, 0.4) is 0 Å². The topological polar surface area (TPSA) is 57.6 Å². The van der Waals surface area contributed by atoms with E-state index in [1.807, 2.05) is 19.1 Å². The average Bonchev–Trinajstić information content (AvgIpc) is 3.27. The van der Waals surface area contributed by atoms with Crippen molar-refractivity contribution in [3.05, 3.63) is 41.0 Å². The Morgan fingerprint density at radius 3 is 2.96 bits per heavy atom. The van der Waals surface area contributed by atoms with E-state index in [9.17, 15) is 14.7 Å². The first-order chi connectivity index (χ1) is 11.6. The number of nitrogens with zero attached hydrogens (tertiary/aromatic N) is 1. The molecule has 3 aliphatic rings. The minimum absolute atomic E-state index is 0.141. The second-order valence-corrected chi connectivity index (χ2v) is 7.33. The second kappa shape index (κ2) is 5.76. The van der Waals surface area contributed by atoms with Crippen LogP contribution in [0.25, 0.3) is 5.57 Å². The van der Waals surface area contributed by atoms with Crippen LogP contribution in [-0.2, 0) is 11.3 Å². The molecule has 1 amide bonds. The summed E-state index contributed by atoms with van der Waals surface area (Å²) in [4.78, 5) is 25.6. The number of fused-ring (bicyclic) bond motifs is 2. The highest BCUT2D eigenvalue weighted by Gasteiger charge is 2.38. The number of amides is 1. The summed E-state index contributed by atoms with van der Waals surface area (Å²) in [5.74, 6) is 0.726. The Morgan fingerprint density at radius 1 is 1.38 bits per heavy atom. The van der Waals surface area contributed by atoms with Crippen LogP contribution in [0.1, 0.15) is 60.5 Å². The third kappa shape index (κ3) is 2.54. The quantitative estimate of drug-likeness (QED) is 0.918. The lowest BCUT2D eigenvalue weighted by Gasteiger charge is -2.22. The molecule has 24 heavy (non-hydrogen) atoms. The van der Waals surface area contributed by atoms with E-state index in [4.69, 9.17) is 0 Å². The first kappa shape index (κ1) is 15.4. The minimum Gasteiger partial charge on any atom is -0.480 e. The van der Waals surface area contributed by atoms with Gasteiger partial charge < -0.3 is 10.0 Å². The van der Waals surface area contributed by atoms with Gasteiger partial charge in [-0.2, -0.15) is 0 Å². The first-order valence-corrected chi connectivity index (χ1v) is 8.94. The number of carboxylic acids is 1. The lowest BCUT2D eigenvalue weighted by molar-refractivity contribution is -0.142. The van der Waals surface area contributed by atoms with E-state index in [0.717, 1.165) is 35.8 Å². The highest BCUT2D eigenvalue weighted by Crippen LogP contribution is 2.48. The number of hydrogen-bond donors (Lipinski definition) is 1. The van der Waals surface area contributed by atoms with E-state index in [-0.39, 0.29) is 5.91 Å². The third-order valence-corrected chi connectivity index (χ3v) is 5.88. The van der Waals surface area contributed by atoms with Gasteiger partial charge in [-0.3, -0.25) is 4.79 Å². The molecule has 1 aliphatic heterocycles. The van der Waals surface area contributed by atoms with Crippen molar-refractivity contribution < 1.29 is 14.7 Å². The molecule has 0 aromatic heterocycles. The lowest BCUT2D eigenvalue weighted by Crippen LogP contribution is -2.40. The molecule has 2 aliphatic carbocycles. The summed E-state index contributed by atoms with van der Waals surface area (Å²) in [5.41, 5.74) is 4.11. The van der Waals surface area contributed by atoms with Crippen molar-refractivity contribution in [2.75, 3.05) is 0 Å². The van der Waals surface area contributed by atoms with E-state index in [0.29, 0.717) is 18.5 Å². The van der Waals surface area contributed by atoms with Crippen molar-refractivity contribution in [1.82, 2.24) is 4.90 Å². The minimum atomic E-state index is -0.926. The van der Waals surface area contributed by atoms with Crippen molar-refractivity contribution in [2.24, 2.45) is 11.8 Å². The number of carboxylic acid groups (broad SMARTS) is 1. The van der Waals surface area contributed by atoms with Crippen molar-refractivity contribution in [2.45, 2.75) is 51.6 Å². The molecule has 3 unspecified atom stereocenters. The standard InChI is InChI=1S/C20H23NO3/c1-2-18(20(23)24)21-11-16-8-7-15(10-17(16)19(21)22)12-3-5-13-9-14(13)6-4-12/h3,7-8,10,13-14,18H,2,4-6,9,11H2,1H3,(H,23,24). The molecule has 1 heterocycles. The SMILES string of the molecule is CCC(C(=O)O)N1Cc2ccc(C3=CCC4CC4CC3)cc2C1=O. The van der Waals surface area contributed by atoms with Gasteiger partial charge in [-0.05, 0) is 66.7 Å². The molecule has 1 saturated carbocycles. The maximum atomic E-state index is 12.7. The van der Waals surface area contributed by atoms with Crippen LogP contribution in [0.15, 0.2) is 24.3 Å². The number of hydrogen-bond acceptors (Lipinski definition) is 2. The number of carbonyl (C=O) groups excluding carboxylic acids is 1. The van der Waals surface area contributed by atoms with Gasteiger partial charge in [-0.15, -0.1) is 0 Å². The summed E-state index contributed by atoms with van der Waals surface area (Å²) >= 11 is 0. The Hall–Kier alpha value is -2.10. The third-order valence-electron chi connectivity index (χ3n) is 5.88. The molecule has 0 bridgehead atoms. The van der Waals surface area contributed by atoms with Gasteiger partial charge in [0, 0.05) is 12.1 Å². The summed E-state index contributed by atoms with van der Waals surface area (Å²) in [6, 6.07) is 5.34. The monoisotopic (exact) mass is 325 g/mol. The van der Waals surface area contributed by atoms with Crippen molar-refractivity contribution >= 4 is 17.4 Å². The average molecular weight is 325 g/mol. The van der Waals surface area contributed by atoms with Gasteiger partial charge >= 0.3 is 5.97 Å². The molecule has 1 fully saturated rings. The molecule has 1 aromatic rings. The van der Waals surface area contributed by atoms with Gasteiger partial charge in [-0.25, -0.2) is 4.79 Å². The van der Waals surface area contributed by atoms with Crippen LogP contribution >= 0.6 is 0 Å². The zero-order valence-electron chi connectivity index (χ0n) is 14.0. The molecule has 4 nitrogen and oxygen atoms in total. The zero-order chi connectivity index (χ0) is 16.8. The highest BCUT2D eigenvalue weighted by molar-refractivity contribution is 6.01. The van der Waals surface area contributed by atoms with Gasteiger partial charge in [0.2, 0.25) is 0 Å². The van der Waals surface area contributed by atoms with Gasteiger partial charge in [-0.1, -0.05) is 25.1 Å². The molecule has 4 rings (SSSR count). The Labute approximate surface area is 142 Å². The summed E-state index contributed by atoms with van der Waals surface area (Å²) in [6.45, 7) is 2.21. The normalized spacial score (nSPS) is 26.3. The van der Waals surface area contributed by atoms with Gasteiger partial charge in [0.1, 0.15) is 6.04 Å². The molecular weight excluding hydrogens is 302 g/mol. The molecule has 3 atom stereocenters. The molecule has 1 aromatic carbocycles. The predicted octanol–water partition coefficient (Wildman–Crippen LogP) is 3.71. The Kier molecular flexibility index (Phi) is 3.70. The molecule has 126 valence electrons. The van der Waals surface area contributed by atoms with E-state index in [1.54, 1.807) is 0 Å². The predicted molar refractivity (Wildman–Crippen MR) is 91.5 cm³/mol. The zero-order valence-corrected chi connectivity index (χ0v) is 14.0. The van der Waals surface area contributed by atoms with E-state index in [1.165, 1.54) is 23.3 Å². The van der Waals surface area contributed by atoms with Gasteiger partial charge in [0.25, 0.3) is 5.91 Å². The maximum Gasteiger partial charge on any atom is 0.326 e. The van der Waals surface area contributed by atoms with Crippen LogP contribution in [0, 0.1) is 11.8 Å². The molecule has 0 spiro atoms. The van der Waals surface area contributed by atoms with Crippen LogP contribution in [-0.4, -0.2) is 27.9 Å². The smallest absolute Gasteiger partial charge is 0.326 e. The fourth-order valence-corrected chi connectivity index (χ4v) is 4.25. The molecular formula is C20H23NO3. The van der Waals surface area contributed by atoms with Crippen LogP contribution in [0.5, 0.6) is 0 Å². The summed E-state index contributed by atoms with van der Waals surface area (Å²) in [5, 5.41) is 9.35. The molecule has 0 radical (unpaired) electrons. The largest absolute Gasteiger partial charge is 0.480 e. The maximum absolute atomic E-state index is 12.7. The number of rotatable bonds is 4.